The zero-order valence-electron chi connectivity index (χ0n) is 23.6. The van der Waals surface area contributed by atoms with Gasteiger partial charge in [-0.2, -0.15) is 26.3 Å². The molecule has 0 aromatic heterocycles. The molecule has 0 aliphatic heterocycles. The molecule has 10 heteroatoms. The van der Waals surface area contributed by atoms with Gasteiger partial charge >= 0.3 is 12.4 Å². The van der Waals surface area contributed by atoms with Gasteiger partial charge in [0.15, 0.2) is 0 Å². The molecule has 4 nitrogen and oxygen atoms in total. The van der Waals surface area contributed by atoms with Crippen molar-refractivity contribution < 1.29 is 46.8 Å². The molecule has 0 amide bonds. The van der Waals surface area contributed by atoms with Gasteiger partial charge in [-0.1, -0.05) is 37.6 Å². The molecule has 0 saturated heterocycles. The first-order valence-electron chi connectivity index (χ1n) is 14.2. The van der Waals surface area contributed by atoms with Gasteiger partial charge in [-0.3, -0.25) is 0 Å². The van der Waals surface area contributed by atoms with Crippen molar-refractivity contribution in [3.63, 3.8) is 0 Å². The minimum absolute atomic E-state index is 0.0319. The predicted octanol–water partition coefficient (Wildman–Crippen LogP) is 6.93. The highest BCUT2D eigenvalue weighted by Crippen LogP contribution is 2.62. The number of alkyl halides is 6. The molecule has 4 N–H and O–H groups in total. The largest absolute Gasteiger partial charge is 0.426 e. The molecule has 6 atom stereocenters. The molecule has 0 aromatic carbocycles. The lowest BCUT2D eigenvalue weighted by atomic mass is 9.59. The number of hydrogen-bond acceptors (Lipinski definition) is 4. The highest BCUT2D eigenvalue weighted by molar-refractivity contribution is 5.38. The standard InChI is InChI=1S/C30H44F6O4/c1-18-20(15-22(37)16-25(18)38)10-9-19-7-6-14-27(4)23(19)11-12-24(27)21(8-5-13-26(2,3)39)17-28(40,29(31,32)33)30(34,35)36/h9-10,21-25,37-40H,1,5-8,11-17H2,2-4H3/b19-9+,20-10-/t21?,22-,23?,24?,25+,27+/m1/s1. The summed E-state index contributed by atoms with van der Waals surface area (Å²) in [4.78, 5) is 0. The first-order chi connectivity index (χ1) is 18.2. The summed E-state index contributed by atoms with van der Waals surface area (Å²) in [5, 5.41) is 40.5. The number of aliphatic hydroxyl groups excluding tert-OH is 2. The molecule has 230 valence electrons. The van der Waals surface area contributed by atoms with Gasteiger partial charge in [-0.25, -0.2) is 0 Å². The number of allylic oxidation sites excluding steroid dienone is 3. The Bertz CT molecular complexity index is 962. The second-order valence-electron chi connectivity index (χ2n) is 13.2. The summed E-state index contributed by atoms with van der Waals surface area (Å²) in [6.45, 7) is 8.96. The molecule has 0 spiro atoms. The third kappa shape index (κ3) is 6.98. The Morgan fingerprint density at radius 3 is 2.23 bits per heavy atom. The van der Waals surface area contributed by atoms with Gasteiger partial charge in [0.2, 0.25) is 0 Å². The summed E-state index contributed by atoms with van der Waals surface area (Å²) in [5.41, 5.74) is -4.16. The van der Waals surface area contributed by atoms with Crippen molar-refractivity contribution in [3.05, 3.63) is 35.5 Å². The van der Waals surface area contributed by atoms with Gasteiger partial charge in [-0.15, -0.1) is 0 Å². The summed E-state index contributed by atoms with van der Waals surface area (Å²) in [6, 6.07) is 0. The Balaban J connectivity index is 1.93. The average Bonchev–Trinajstić information content (AvgIpc) is 3.14. The van der Waals surface area contributed by atoms with Gasteiger partial charge in [0, 0.05) is 6.42 Å². The SMILES string of the molecule is C=C1/C(=C\C=C2/CCC[C@@]3(C)C2CCC3C(CCCC(C)(C)O)CC(O)(C(F)(F)F)C(F)(F)F)C[C@@H](O)C[C@@H]1O. The lowest BCUT2D eigenvalue weighted by Gasteiger charge is -2.46. The van der Waals surface area contributed by atoms with Crippen LogP contribution in [0.2, 0.25) is 0 Å². The lowest BCUT2D eigenvalue weighted by molar-refractivity contribution is -0.374. The first kappa shape index (κ1) is 33.1. The molecule has 3 saturated carbocycles. The van der Waals surface area contributed by atoms with Gasteiger partial charge in [-0.05, 0) is 106 Å². The zero-order valence-corrected chi connectivity index (χ0v) is 23.6. The van der Waals surface area contributed by atoms with E-state index in [1.165, 1.54) is 0 Å². The van der Waals surface area contributed by atoms with Crippen LogP contribution in [0, 0.1) is 23.2 Å². The molecular weight excluding hydrogens is 538 g/mol. The zero-order chi connectivity index (χ0) is 30.3. The van der Waals surface area contributed by atoms with Crippen molar-refractivity contribution in [2.24, 2.45) is 23.2 Å². The maximum atomic E-state index is 13.7. The van der Waals surface area contributed by atoms with Crippen molar-refractivity contribution in [1.82, 2.24) is 0 Å². The molecule has 3 aliphatic rings. The molecular formula is C30H44F6O4. The van der Waals surface area contributed by atoms with Crippen LogP contribution in [0.4, 0.5) is 26.3 Å². The summed E-state index contributed by atoms with van der Waals surface area (Å²) in [5.74, 6) is -1.57. The minimum atomic E-state index is -5.88. The molecule has 3 fully saturated rings. The summed E-state index contributed by atoms with van der Waals surface area (Å²) in [7, 11) is 0. The van der Waals surface area contributed by atoms with E-state index in [2.05, 4.69) is 6.58 Å². The fraction of sp³-hybridized carbons (Fsp3) is 0.800. The molecule has 0 heterocycles. The van der Waals surface area contributed by atoms with E-state index in [4.69, 9.17) is 0 Å². The van der Waals surface area contributed by atoms with Gasteiger partial charge in [0.1, 0.15) is 0 Å². The number of rotatable bonds is 8. The third-order valence-electron chi connectivity index (χ3n) is 9.73. The van der Waals surface area contributed by atoms with Crippen LogP contribution in [0.15, 0.2) is 35.5 Å². The highest BCUT2D eigenvalue weighted by Gasteiger charge is 2.71. The van der Waals surface area contributed by atoms with Crippen molar-refractivity contribution in [3.8, 4) is 0 Å². The van der Waals surface area contributed by atoms with Crippen LogP contribution in [-0.4, -0.2) is 56.2 Å². The number of halogens is 6. The third-order valence-corrected chi connectivity index (χ3v) is 9.73. The Morgan fingerprint density at radius 2 is 1.65 bits per heavy atom. The number of fused-ring (bicyclic) bond motifs is 1. The van der Waals surface area contributed by atoms with E-state index in [-0.39, 0.29) is 31.6 Å². The molecule has 40 heavy (non-hydrogen) atoms. The minimum Gasteiger partial charge on any atom is -0.393 e. The van der Waals surface area contributed by atoms with Crippen LogP contribution in [0.25, 0.3) is 0 Å². The van der Waals surface area contributed by atoms with Crippen molar-refractivity contribution >= 4 is 0 Å². The number of hydrogen-bond donors (Lipinski definition) is 4. The molecule has 0 radical (unpaired) electrons. The summed E-state index contributed by atoms with van der Waals surface area (Å²) in [6.07, 6.45) is -6.76. The highest BCUT2D eigenvalue weighted by atomic mass is 19.4. The maximum Gasteiger partial charge on any atom is 0.426 e. The second kappa shape index (κ2) is 11.7. The molecule has 0 bridgehead atoms. The van der Waals surface area contributed by atoms with E-state index in [0.717, 1.165) is 24.0 Å². The quantitative estimate of drug-likeness (QED) is 0.234. The number of aliphatic hydroxyl groups is 4. The monoisotopic (exact) mass is 582 g/mol. The fourth-order valence-corrected chi connectivity index (χ4v) is 7.53. The molecule has 3 rings (SSSR count). The Labute approximate surface area is 232 Å². The van der Waals surface area contributed by atoms with Gasteiger partial charge in [0.25, 0.3) is 5.60 Å². The summed E-state index contributed by atoms with van der Waals surface area (Å²) < 4.78 is 82.5. The van der Waals surface area contributed by atoms with E-state index in [1.807, 2.05) is 19.1 Å². The predicted molar refractivity (Wildman–Crippen MR) is 140 cm³/mol. The van der Waals surface area contributed by atoms with Gasteiger partial charge in [0.05, 0.1) is 17.8 Å². The topological polar surface area (TPSA) is 80.9 Å². The Hall–Kier alpha value is -1.36. The van der Waals surface area contributed by atoms with Crippen LogP contribution in [0.5, 0.6) is 0 Å². The van der Waals surface area contributed by atoms with E-state index in [1.54, 1.807) is 13.8 Å². The van der Waals surface area contributed by atoms with Crippen LogP contribution in [0.3, 0.4) is 0 Å². The van der Waals surface area contributed by atoms with E-state index in [0.29, 0.717) is 31.3 Å². The maximum absolute atomic E-state index is 13.7. The smallest absolute Gasteiger partial charge is 0.393 e. The van der Waals surface area contributed by atoms with E-state index in [9.17, 15) is 46.8 Å². The first-order valence-corrected chi connectivity index (χ1v) is 14.2. The molecule has 3 aliphatic carbocycles. The molecule has 3 unspecified atom stereocenters. The Morgan fingerprint density at radius 1 is 1.02 bits per heavy atom. The lowest BCUT2D eigenvalue weighted by Crippen LogP contribution is -2.58. The fourth-order valence-electron chi connectivity index (χ4n) is 7.53. The van der Waals surface area contributed by atoms with Crippen molar-refractivity contribution in [2.45, 2.75) is 127 Å². The van der Waals surface area contributed by atoms with Crippen LogP contribution < -0.4 is 0 Å². The Kier molecular flexibility index (Phi) is 9.72. The summed E-state index contributed by atoms with van der Waals surface area (Å²) >= 11 is 0. The molecule has 0 aromatic rings. The average molecular weight is 583 g/mol. The van der Waals surface area contributed by atoms with Crippen LogP contribution >= 0.6 is 0 Å². The van der Waals surface area contributed by atoms with Gasteiger partial charge < -0.3 is 20.4 Å². The van der Waals surface area contributed by atoms with Crippen molar-refractivity contribution in [1.29, 1.82) is 0 Å². The van der Waals surface area contributed by atoms with E-state index < -0.39 is 59.4 Å². The van der Waals surface area contributed by atoms with E-state index >= 15 is 0 Å². The van der Waals surface area contributed by atoms with Crippen LogP contribution in [-0.2, 0) is 0 Å². The normalized spacial score (nSPS) is 33.5. The van der Waals surface area contributed by atoms with Crippen LogP contribution in [0.1, 0.15) is 91.4 Å². The van der Waals surface area contributed by atoms with Crippen molar-refractivity contribution in [2.75, 3.05) is 0 Å². The second-order valence-corrected chi connectivity index (χ2v) is 13.2.